The Bertz CT molecular complexity index is 41.6. The van der Waals surface area contributed by atoms with Crippen LogP contribution in [0.3, 0.4) is 0 Å². The lowest BCUT2D eigenvalue weighted by atomic mass is 10.7. The van der Waals surface area contributed by atoms with Gasteiger partial charge >= 0.3 is 0 Å². The zero-order valence-electron chi connectivity index (χ0n) is 3.03. The van der Waals surface area contributed by atoms with Gasteiger partial charge in [0, 0.05) is 0 Å². The summed E-state index contributed by atoms with van der Waals surface area (Å²) in [5.74, 6) is 0. The number of halogens is 1. The second kappa shape index (κ2) is 1.20. The first-order valence-electron chi connectivity index (χ1n) is 1.56. The molecule has 0 saturated heterocycles. The fourth-order valence-electron chi connectivity index (χ4n) is 0.0884. The number of hydrogen-bond donors (Lipinski definition) is 0. The minimum atomic E-state index is 0. The van der Waals surface area contributed by atoms with Gasteiger partial charge in [-0.05, 0) is 12.8 Å². The van der Waals surface area contributed by atoms with E-state index in [-0.39, 0.29) is 4.70 Å². The van der Waals surface area contributed by atoms with Gasteiger partial charge in [0.05, 0.1) is 0 Å². The van der Waals surface area contributed by atoms with Crippen molar-refractivity contribution in [3.8, 4) is 0 Å². The van der Waals surface area contributed by atoms with Crippen molar-refractivity contribution in [2.45, 2.75) is 12.8 Å². The minimum Gasteiger partial charge on any atom is -0.269 e. The smallest absolute Gasteiger partial charge is 0.0286 e. The predicted octanol–water partition coefficient (Wildman–Crippen LogP) is 1.49. The second-order valence-electron chi connectivity index (χ2n) is 1.25. The lowest BCUT2D eigenvalue weighted by Gasteiger charge is -1.34. The Morgan fingerprint density at radius 1 is 1.40 bits per heavy atom. The van der Waals surface area contributed by atoms with Gasteiger partial charge in [-0.25, -0.2) is 0 Å². The highest BCUT2D eigenvalue weighted by Gasteiger charge is 2.04. The standard InChI is InChI=1S/C4H6.FH/c1-4-2-3-4;/h1-3H2;1H. The Morgan fingerprint density at radius 2 is 1.60 bits per heavy atom. The highest BCUT2D eigenvalue weighted by Crippen LogP contribution is 2.23. The Kier molecular flexibility index (Phi) is 1.12. The molecule has 0 aromatic rings. The van der Waals surface area contributed by atoms with Crippen LogP contribution >= 0.6 is 0 Å². The third kappa shape index (κ3) is 1.44. The van der Waals surface area contributed by atoms with Crippen molar-refractivity contribution in [2.24, 2.45) is 0 Å². The van der Waals surface area contributed by atoms with Crippen LogP contribution in [-0.4, -0.2) is 0 Å². The Balaban J connectivity index is 0.000000160. The molecule has 0 spiro atoms. The Morgan fingerprint density at radius 3 is 1.60 bits per heavy atom. The molecule has 0 atom stereocenters. The molecule has 5 heavy (non-hydrogen) atoms. The molecule has 1 heteroatoms. The van der Waals surface area contributed by atoms with Gasteiger partial charge in [0.1, 0.15) is 0 Å². The molecular formula is C4H7F. The van der Waals surface area contributed by atoms with E-state index >= 15 is 0 Å². The fraction of sp³-hybridized carbons (Fsp3) is 0.500. The molecular weight excluding hydrogens is 67.0 g/mol. The molecule has 1 aliphatic carbocycles. The van der Waals surface area contributed by atoms with Crippen molar-refractivity contribution in [1.29, 1.82) is 0 Å². The third-order valence-electron chi connectivity index (χ3n) is 0.604. The summed E-state index contributed by atoms with van der Waals surface area (Å²) >= 11 is 0. The molecule has 0 N–H and O–H groups in total. The van der Waals surface area contributed by atoms with Crippen LogP contribution < -0.4 is 0 Å². The monoisotopic (exact) mass is 74.1 g/mol. The van der Waals surface area contributed by atoms with E-state index in [1.807, 2.05) is 0 Å². The van der Waals surface area contributed by atoms with Gasteiger partial charge in [-0.1, -0.05) is 12.2 Å². The highest BCUT2D eigenvalue weighted by atomic mass is 19.0. The van der Waals surface area contributed by atoms with Gasteiger partial charge in [0.2, 0.25) is 0 Å². The van der Waals surface area contributed by atoms with Crippen molar-refractivity contribution >= 4 is 0 Å². The van der Waals surface area contributed by atoms with Gasteiger partial charge in [-0.15, -0.1) is 0 Å². The molecule has 1 fully saturated rings. The van der Waals surface area contributed by atoms with Crippen LogP contribution in [0.5, 0.6) is 0 Å². The van der Waals surface area contributed by atoms with Gasteiger partial charge < -0.3 is 0 Å². The average molecular weight is 74.1 g/mol. The van der Waals surface area contributed by atoms with Crippen molar-refractivity contribution in [3.63, 3.8) is 0 Å². The van der Waals surface area contributed by atoms with E-state index in [0.717, 1.165) is 0 Å². The maximum atomic E-state index is 3.67. The summed E-state index contributed by atoms with van der Waals surface area (Å²) in [6.45, 7) is 3.67. The molecule has 0 nitrogen and oxygen atoms in total. The van der Waals surface area contributed by atoms with E-state index in [2.05, 4.69) is 6.58 Å². The van der Waals surface area contributed by atoms with Crippen LogP contribution in [0.1, 0.15) is 12.8 Å². The highest BCUT2D eigenvalue weighted by molar-refractivity contribution is 5.09. The quantitative estimate of drug-likeness (QED) is 0.382. The van der Waals surface area contributed by atoms with Crippen LogP contribution in [0.25, 0.3) is 0 Å². The van der Waals surface area contributed by atoms with E-state index in [1.165, 1.54) is 18.4 Å². The summed E-state index contributed by atoms with van der Waals surface area (Å²) in [5, 5.41) is 0. The molecule has 1 aliphatic rings. The summed E-state index contributed by atoms with van der Waals surface area (Å²) in [6, 6.07) is 0. The van der Waals surface area contributed by atoms with Gasteiger partial charge in [-0.3, -0.25) is 4.70 Å². The maximum Gasteiger partial charge on any atom is -0.0286 e. The minimum absolute atomic E-state index is 0. The second-order valence-corrected chi connectivity index (χ2v) is 1.25. The van der Waals surface area contributed by atoms with Crippen molar-refractivity contribution in [3.05, 3.63) is 12.2 Å². The zero-order chi connectivity index (χ0) is 2.99. The predicted molar refractivity (Wildman–Crippen MR) is 20.9 cm³/mol. The molecule has 0 aromatic carbocycles. The molecule has 0 aliphatic heterocycles. The lowest BCUT2D eigenvalue weighted by Crippen LogP contribution is -1.12. The van der Waals surface area contributed by atoms with Crippen molar-refractivity contribution < 1.29 is 4.70 Å². The molecule has 1 rings (SSSR count). The molecule has 0 bridgehead atoms. The third-order valence-corrected chi connectivity index (χ3v) is 0.604. The summed E-state index contributed by atoms with van der Waals surface area (Å²) in [7, 11) is 0. The Labute approximate surface area is 30.9 Å². The lowest BCUT2D eigenvalue weighted by molar-refractivity contribution is 1.11. The van der Waals surface area contributed by atoms with E-state index in [9.17, 15) is 0 Å². The van der Waals surface area contributed by atoms with Crippen LogP contribution in [0.15, 0.2) is 12.2 Å². The first-order chi connectivity index (χ1) is 1.89. The van der Waals surface area contributed by atoms with Gasteiger partial charge in [0.15, 0.2) is 0 Å². The van der Waals surface area contributed by atoms with Crippen molar-refractivity contribution in [1.82, 2.24) is 0 Å². The summed E-state index contributed by atoms with van der Waals surface area (Å²) in [5.41, 5.74) is 1.42. The normalized spacial score (nSPS) is 17.2. The largest absolute Gasteiger partial charge is 0.269 e. The molecule has 30 valence electrons. The number of hydrogen-bond acceptors (Lipinski definition) is 0. The van der Waals surface area contributed by atoms with Crippen molar-refractivity contribution in [2.75, 3.05) is 0 Å². The van der Waals surface area contributed by atoms with Gasteiger partial charge in [0.25, 0.3) is 0 Å². The summed E-state index contributed by atoms with van der Waals surface area (Å²) in [4.78, 5) is 0. The van der Waals surface area contributed by atoms with Crippen LogP contribution in [0.4, 0.5) is 4.70 Å². The molecule has 0 unspecified atom stereocenters. The Hall–Kier alpha value is -0.330. The first kappa shape index (κ1) is 4.67. The molecule has 1 saturated carbocycles. The van der Waals surface area contributed by atoms with Crippen LogP contribution in [-0.2, 0) is 0 Å². The molecule has 0 aromatic heterocycles. The average Bonchev–Trinajstić information content (AvgIpc) is 1.75. The van der Waals surface area contributed by atoms with Crippen LogP contribution in [0.2, 0.25) is 0 Å². The maximum absolute atomic E-state index is 3.67. The molecule has 0 radical (unpaired) electrons. The van der Waals surface area contributed by atoms with Gasteiger partial charge in [-0.2, -0.15) is 0 Å². The number of rotatable bonds is 0. The molecule has 0 heterocycles. The van der Waals surface area contributed by atoms with E-state index in [0.29, 0.717) is 0 Å². The summed E-state index contributed by atoms with van der Waals surface area (Å²) in [6.07, 6.45) is 2.58. The van der Waals surface area contributed by atoms with E-state index in [4.69, 9.17) is 0 Å². The van der Waals surface area contributed by atoms with Crippen LogP contribution in [0, 0.1) is 0 Å². The molecule has 0 amide bonds. The van der Waals surface area contributed by atoms with E-state index in [1.54, 1.807) is 0 Å². The first-order valence-corrected chi connectivity index (χ1v) is 1.56. The van der Waals surface area contributed by atoms with E-state index < -0.39 is 0 Å². The number of allylic oxidation sites excluding steroid dienone is 1. The fourth-order valence-corrected chi connectivity index (χ4v) is 0.0884. The SMILES string of the molecule is C=C1CC1.F. The summed E-state index contributed by atoms with van der Waals surface area (Å²) < 4.78 is 0. The topological polar surface area (TPSA) is 0 Å². The zero-order valence-corrected chi connectivity index (χ0v) is 3.03.